The molecule has 1 fully saturated rings. The Morgan fingerprint density at radius 3 is 2.61 bits per heavy atom. The van der Waals surface area contributed by atoms with Gasteiger partial charge in [-0.25, -0.2) is 14.8 Å². The van der Waals surface area contributed by atoms with Gasteiger partial charge in [0.2, 0.25) is 0 Å². The molecule has 1 aliphatic heterocycles. The number of fused-ring (bicyclic) bond motifs is 1. The molecule has 0 spiro atoms. The largest absolute Gasteiger partial charge is 0.465 e. The molecule has 1 aliphatic rings. The SMILES string of the molecule is CC(C)(C)[C@]1(c2ncc(-c3cnc4cc(Br)ccc4n3)n2COCC[Si](C)(C)C)CCCN1C(=O)O. The summed E-state index contributed by atoms with van der Waals surface area (Å²) in [6.45, 7) is 14.7. The summed E-state index contributed by atoms with van der Waals surface area (Å²) in [6.07, 6.45) is 4.10. The molecule has 0 bridgehead atoms. The van der Waals surface area contributed by atoms with Gasteiger partial charge in [0, 0.05) is 25.7 Å². The van der Waals surface area contributed by atoms with E-state index in [1.807, 2.05) is 22.8 Å². The van der Waals surface area contributed by atoms with Crippen molar-refractivity contribution >= 4 is 41.1 Å². The number of carboxylic acid groups (broad SMARTS) is 1. The lowest BCUT2D eigenvalue weighted by Gasteiger charge is -2.46. The Bertz CT molecular complexity index is 1270. The van der Waals surface area contributed by atoms with Crippen LogP contribution in [0, 0.1) is 5.41 Å². The maximum absolute atomic E-state index is 12.4. The summed E-state index contributed by atoms with van der Waals surface area (Å²) in [5.41, 5.74) is 1.86. The van der Waals surface area contributed by atoms with Gasteiger partial charge < -0.3 is 14.4 Å². The number of imidazole rings is 1. The van der Waals surface area contributed by atoms with Crippen LogP contribution in [0.5, 0.6) is 0 Å². The number of amides is 1. The zero-order valence-corrected chi connectivity index (χ0v) is 24.6. The van der Waals surface area contributed by atoms with Gasteiger partial charge >= 0.3 is 6.09 Å². The molecule has 1 N–H and O–H groups in total. The van der Waals surface area contributed by atoms with Crippen molar-refractivity contribution in [2.24, 2.45) is 5.41 Å². The molecular formula is C26H36BrN5O3Si. The number of likely N-dealkylation sites (tertiary alicyclic amines) is 1. The molecule has 3 heterocycles. The minimum atomic E-state index is -1.26. The minimum absolute atomic E-state index is 0.278. The molecule has 194 valence electrons. The van der Waals surface area contributed by atoms with Gasteiger partial charge in [0.25, 0.3) is 0 Å². The second-order valence-electron chi connectivity index (χ2n) is 11.8. The van der Waals surface area contributed by atoms with E-state index in [0.29, 0.717) is 31.1 Å². The third kappa shape index (κ3) is 5.08. The normalized spacial score (nSPS) is 18.8. The molecule has 1 amide bonds. The van der Waals surface area contributed by atoms with E-state index in [0.717, 1.165) is 33.7 Å². The Hall–Kier alpha value is -2.30. The van der Waals surface area contributed by atoms with Crippen LogP contribution in [0.2, 0.25) is 25.7 Å². The highest BCUT2D eigenvalue weighted by Gasteiger charge is 2.56. The van der Waals surface area contributed by atoms with Crippen LogP contribution in [0.15, 0.2) is 35.1 Å². The summed E-state index contributed by atoms with van der Waals surface area (Å²) in [4.78, 5) is 28.4. The zero-order chi connectivity index (χ0) is 26.3. The highest BCUT2D eigenvalue weighted by Crippen LogP contribution is 2.51. The Kier molecular flexibility index (Phi) is 7.33. The van der Waals surface area contributed by atoms with Gasteiger partial charge in [0.05, 0.1) is 29.1 Å². The van der Waals surface area contributed by atoms with Crippen LogP contribution in [0.1, 0.15) is 39.4 Å². The molecular weight excluding hydrogens is 538 g/mol. The predicted molar refractivity (Wildman–Crippen MR) is 148 cm³/mol. The van der Waals surface area contributed by atoms with E-state index >= 15 is 0 Å². The Morgan fingerprint density at radius 1 is 1.19 bits per heavy atom. The first-order valence-electron chi connectivity index (χ1n) is 12.4. The van der Waals surface area contributed by atoms with Crippen LogP contribution in [-0.2, 0) is 17.0 Å². The van der Waals surface area contributed by atoms with Crippen LogP contribution in [0.4, 0.5) is 4.79 Å². The quantitative estimate of drug-likeness (QED) is 0.253. The number of halogens is 1. The van der Waals surface area contributed by atoms with E-state index in [-0.39, 0.29) is 12.1 Å². The Labute approximate surface area is 222 Å². The van der Waals surface area contributed by atoms with E-state index in [9.17, 15) is 9.90 Å². The maximum Gasteiger partial charge on any atom is 0.408 e. The number of aromatic nitrogens is 4. The highest BCUT2D eigenvalue weighted by atomic mass is 79.9. The van der Waals surface area contributed by atoms with E-state index in [2.05, 4.69) is 61.3 Å². The van der Waals surface area contributed by atoms with Gasteiger partial charge in [0.15, 0.2) is 0 Å². The van der Waals surface area contributed by atoms with Gasteiger partial charge in [0.1, 0.15) is 23.8 Å². The molecule has 1 saturated heterocycles. The summed E-state index contributed by atoms with van der Waals surface area (Å²) in [5.74, 6) is 0.704. The summed E-state index contributed by atoms with van der Waals surface area (Å²) >= 11 is 3.49. The lowest BCUT2D eigenvalue weighted by Crippen LogP contribution is -2.54. The first kappa shape index (κ1) is 26.8. The standard InChI is InChI=1S/C26H36BrN5O3Si/c1-25(2,3)26(10-7-11-32(26)24(33)34)23-29-16-22(31(23)17-35-12-13-36(4,5)6)21-15-28-20-14-18(27)8-9-19(20)30-21/h8-9,14-16H,7,10-13,17H2,1-6H3,(H,33,34)/t26-/m1/s1. The number of nitrogens with zero attached hydrogens (tertiary/aromatic N) is 5. The Balaban J connectivity index is 1.84. The summed E-state index contributed by atoms with van der Waals surface area (Å²) in [7, 11) is -1.26. The van der Waals surface area contributed by atoms with Crippen molar-refractivity contribution in [2.75, 3.05) is 13.2 Å². The number of hydrogen-bond donors (Lipinski definition) is 1. The van der Waals surface area contributed by atoms with Crippen molar-refractivity contribution < 1.29 is 14.6 Å². The molecule has 2 aromatic heterocycles. The number of rotatable bonds is 7. The average Bonchev–Trinajstić information content (AvgIpc) is 3.40. The van der Waals surface area contributed by atoms with Gasteiger partial charge in [-0.3, -0.25) is 9.88 Å². The monoisotopic (exact) mass is 573 g/mol. The van der Waals surface area contributed by atoms with Gasteiger partial charge in [-0.2, -0.15) is 0 Å². The van der Waals surface area contributed by atoms with Gasteiger partial charge in [-0.15, -0.1) is 0 Å². The predicted octanol–water partition coefficient (Wildman–Crippen LogP) is 6.58. The molecule has 4 rings (SSSR count). The van der Waals surface area contributed by atoms with E-state index < -0.39 is 19.7 Å². The van der Waals surface area contributed by atoms with Crippen molar-refractivity contribution in [1.29, 1.82) is 0 Å². The lowest BCUT2D eigenvalue weighted by molar-refractivity contribution is 0.00956. The third-order valence-corrected chi connectivity index (χ3v) is 9.26. The molecule has 8 nitrogen and oxygen atoms in total. The van der Waals surface area contributed by atoms with Crippen molar-refractivity contribution in [1.82, 2.24) is 24.4 Å². The second-order valence-corrected chi connectivity index (χ2v) is 18.3. The third-order valence-electron chi connectivity index (χ3n) is 7.06. The lowest BCUT2D eigenvalue weighted by atomic mass is 9.71. The molecule has 3 aromatic rings. The van der Waals surface area contributed by atoms with E-state index in [1.54, 1.807) is 17.3 Å². The first-order chi connectivity index (χ1) is 16.8. The van der Waals surface area contributed by atoms with E-state index in [1.165, 1.54) is 0 Å². The zero-order valence-electron chi connectivity index (χ0n) is 22.0. The average molecular weight is 575 g/mol. The van der Waals surface area contributed by atoms with E-state index in [4.69, 9.17) is 14.7 Å². The molecule has 10 heteroatoms. The van der Waals surface area contributed by atoms with Crippen LogP contribution >= 0.6 is 15.9 Å². The minimum Gasteiger partial charge on any atom is -0.465 e. The molecule has 36 heavy (non-hydrogen) atoms. The maximum atomic E-state index is 12.4. The van der Waals surface area contributed by atoms with Gasteiger partial charge in [-0.1, -0.05) is 56.3 Å². The summed E-state index contributed by atoms with van der Waals surface area (Å²) < 4.78 is 9.18. The molecule has 0 saturated carbocycles. The Morgan fingerprint density at radius 2 is 1.94 bits per heavy atom. The molecule has 0 aliphatic carbocycles. The van der Waals surface area contributed by atoms with Crippen molar-refractivity contribution in [3.63, 3.8) is 0 Å². The number of hydrogen-bond acceptors (Lipinski definition) is 5. The van der Waals surface area contributed by atoms with Crippen LogP contribution in [0.25, 0.3) is 22.4 Å². The smallest absolute Gasteiger partial charge is 0.408 e. The number of ether oxygens (including phenoxy) is 1. The fraction of sp³-hybridized carbons (Fsp3) is 0.538. The highest BCUT2D eigenvalue weighted by molar-refractivity contribution is 9.10. The molecule has 0 unspecified atom stereocenters. The summed E-state index contributed by atoms with van der Waals surface area (Å²) in [5, 5.41) is 10.2. The van der Waals surface area contributed by atoms with Crippen molar-refractivity contribution in [2.45, 2.75) is 71.6 Å². The first-order valence-corrected chi connectivity index (χ1v) is 16.9. The number of benzene rings is 1. The topological polar surface area (TPSA) is 93.4 Å². The summed E-state index contributed by atoms with van der Waals surface area (Å²) in [6, 6.07) is 6.86. The fourth-order valence-corrected chi connectivity index (χ4v) is 6.21. The fourth-order valence-electron chi connectivity index (χ4n) is 5.11. The van der Waals surface area contributed by atoms with Crippen LogP contribution in [-0.4, -0.2) is 56.8 Å². The second kappa shape index (κ2) is 9.87. The molecule has 1 aromatic carbocycles. The number of carbonyl (C=O) groups is 1. The van der Waals surface area contributed by atoms with Crippen LogP contribution < -0.4 is 0 Å². The molecule has 1 atom stereocenters. The van der Waals surface area contributed by atoms with Gasteiger partial charge in [-0.05, 0) is 42.5 Å². The molecule has 0 radical (unpaired) electrons. The van der Waals surface area contributed by atoms with Crippen molar-refractivity contribution in [3.8, 4) is 11.4 Å². The van der Waals surface area contributed by atoms with Crippen molar-refractivity contribution in [3.05, 3.63) is 40.9 Å². The van der Waals surface area contributed by atoms with Crippen LogP contribution in [0.3, 0.4) is 0 Å².